The Hall–Kier alpha value is -7.83. The van der Waals surface area contributed by atoms with Crippen molar-refractivity contribution < 1.29 is 0 Å². The Morgan fingerprint density at radius 1 is 0.214 bits per heavy atom. The monoisotopic (exact) mass is 1120 g/mol. The minimum absolute atomic E-state index is 0.0105. The molecule has 0 aliphatic carbocycles. The van der Waals surface area contributed by atoms with Crippen molar-refractivity contribution in [2.75, 3.05) is 0 Å². The molecule has 2 heteroatoms. The van der Waals surface area contributed by atoms with Crippen LogP contribution in [0.3, 0.4) is 0 Å². The van der Waals surface area contributed by atoms with E-state index in [9.17, 15) is 0 Å². The maximum Gasteiger partial charge on any atom is 0.154 e. The normalized spacial score (nSPS) is 13.0. The topological polar surface area (TPSA) is 0 Å². The van der Waals surface area contributed by atoms with E-state index < -0.39 is 16.1 Å². The summed E-state index contributed by atoms with van der Waals surface area (Å²) in [5.74, 6) is 23.3. The molecule has 0 atom stereocenters. The molecule has 0 aliphatic rings. The highest BCUT2D eigenvalue weighted by molar-refractivity contribution is 6.95. The van der Waals surface area contributed by atoms with Crippen LogP contribution in [0.1, 0.15) is 158 Å². The molecule has 0 aromatic heterocycles. The maximum atomic E-state index is 4.26. The van der Waals surface area contributed by atoms with Crippen molar-refractivity contribution in [2.45, 2.75) is 155 Å². The number of rotatable bonds is 0. The molecule has 84 heavy (non-hydrogen) atoms. The highest BCUT2D eigenvalue weighted by atomic mass is 28.3. The molecule has 0 amide bonds. The minimum atomic E-state index is -2.46. The van der Waals surface area contributed by atoms with Gasteiger partial charge in [-0.2, -0.15) is 0 Å². The first-order valence-electron chi connectivity index (χ1n) is 30.2. The summed E-state index contributed by atoms with van der Waals surface area (Å²) in [7, 11) is -4.91. The lowest BCUT2D eigenvalue weighted by molar-refractivity contribution is 0.548. The third kappa shape index (κ3) is 9.72. The second-order valence-electron chi connectivity index (χ2n) is 30.1. The quantitative estimate of drug-likeness (QED) is 0.0806. The molecular formula is C82H82Si2. The Labute approximate surface area is 503 Å². The van der Waals surface area contributed by atoms with Crippen LogP contribution >= 0.6 is 0 Å². The van der Waals surface area contributed by atoms with Gasteiger partial charge in [-0.25, -0.2) is 0 Å². The predicted molar refractivity (Wildman–Crippen MR) is 375 cm³/mol. The van der Waals surface area contributed by atoms with Crippen molar-refractivity contribution in [2.24, 2.45) is 0 Å². The summed E-state index contributed by atoms with van der Waals surface area (Å²) in [6.45, 7) is 43.8. The van der Waals surface area contributed by atoms with Crippen LogP contribution < -0.4 is 0 Å². The molecule has 0 spiro atoms. The van der Waals surface area contributed by atoms with Crippen molar-refractivity contribution in [3.63, 3.8) is 0 Å². The van der Waals surface area contributed by atoms with E-state index in [0.29, 0.717) is 0 Å². The van der Waals surface area contributed by atoms with Gasteiger partial charge in [0.15, 0.2) is 16.1 Å². The first-order valence-corrected chi connectivity index (χ1v) is 34.2. The number of benzene rings is 11. The summed E-state index contributed by atoms with van der Waals surface area (Å²) in [5, 5.41) is 18.6. The smallest absolute Gasteiger partial charge is 0.124 e. The van der Waals surface area contributed by atoms with E-state index in [0.717, 1.165) is 76.5 Å². The molecule has 418 valence electrons. The van der Waals surface area contributed by atoms with E-state index in [2.05, 4.69) is 341 Å². The average Bonchev–Trinajstić information content (AvgIpc) is 0.939. The minimum Gasteiger partial charge on any atom is -0.124 e. The number of hydrogen-bond acceptors (Lipinski definition) is 0. The molecule has 0 saturated carbocycles. The molecule has 0 radical (unpaired) electrons. The van der Waals surface area contributed by atoms with Gasteiger partial charge in [0.25, 0.3) is 0 Å². The zero-order valence-electron chi connectivity index (χ0n) is 53.2. The molecule has 0 saturated heterocycles. The Morgan fingerprint density at radius 3 is 0.595 bits per heavy atom. The Balaban J connectivity index is 1.14. The van der Waals surface area contributed by atoms with E-state index in [1.807, 2.05) is 0 Å². The molecule has 0 aliphatic heterocycles. The van der Waals surface area contributed by atoms with Crippen molar-refractivity contribution in [1.29, 1.82) is 0 Å². The fourth-order valence-electron chi connectivity index (χ4n) is 16.9. The van der Waals surface area contributed by atoms with Crippen molar-refractivity contribution in [3.05, 3.63) is 203 Å². The van der Waals surface area contributed by atoms with E-state index in [1.165, 1.54) is 43.1 Å². The lowest BCUT2D eigenvalue weighted by Gasteiger charge is -2.55. The molecule has 11 rings (SSSR count). The second-order valence-corrected chi connectivity index (χ2v) is 42.6. The molecule has 0 N–H and O–H groups in total. The highest BCUT2D eigenvalue weighted by Crippen LogP contribution is 2.63. The summed E-state index contributed by atoms with van der Waals surface area (Å²) in [4.78, 5) is 0. The summed E-state index contributed by atoms with van der Waals surface area (Å²) >= 11 is 0. The molecule has 0 heterocycles. The average molecular weight is 1120 g/mol. The van der Waals surface area contributed by atoms with E-state index >= 15 is 0 Å². The van der Waals surface area contributed by atoms with Crippen LogP contribution in [0.25, 0.3) is 86.2 Å². The van der Waals surface area contributed by atoms with Gasteiger partial charge in [-0.3, -0.25) is 0 Å². The van der Waals surface area contributed by atoms with Crippen molar-refractivity contribution >= 4 is 102 Å². The zero-order valence-corrected chi connectivity index (χ0v) is 55.2. The lowest BCUT2D eigenvalue weighted by Crippen LogP contribution is -2.57. The van der Waals surface area contributed by atoms with Gasteiger partial charge in [-0.15, -0.1) is 11.1 Å². The van der Waals surface area contributed by atoms with Gasteiger partial charge in [-0.1, -0.05) is 263 Å². The van der Waals surface area contributed by atoms with Gasteiger partial charge >= 0.3 is 0 Å². The molecule has 0 bridgehead atoms. The molecule has 0 fully saturated rings. The van der Waals surface area contributed by atoms with E-state index in [1.54, 1.807) is 0 Å². The Kier molecular flexibility index (Phi) is 14.1. The second kappa shape index (κ2) is 20.5. The first-order chi connectivity index (χ1) is 39.4. The van der Waals surface area contributed by atoms with Crippen LogP contribution in [0.5, 0.6) is 0 Å². The van der Waals surface area contributed by atoms with Crippen molar-refractivity contribution in [1.82, 2.24) is 0 Å². The molecule has 0 unspecified atom stereocenters. The van der Waals surface area contributed by atoms with Gasteiger partial charge < -0.3 is 0 Å². The summed E-state index contributed by atoms with van der Waals surface area (Å²) < 4.78 is 0. The van der Waals surface area contributed by atoms with Gasteiger partial charge in [0.1, 0.15) is 0 Å². The lowest BCUT2D eigenvalue weighted by atomic mass is 9.88. The van der Waals surface area contributed by atoms with Crippen LogP contribution in [-0.2, 0) is 0 Å². The fraction of sp³-hybridized carbons (Fsp3) is 0.293. The van der Waals surface area contributed by atoms with Gasteiger partial charge in [0, 0.05) is 33.4 Å². The van der Waals surface area contributed by atoms with Crippen LogP contribution in [-0.4, -0.2) is 16.1 Å². The summed E-state index contributed by atoms with van der Waals surface area (Å²) in [6, 6.07) is 62.3. The van der Waals surface area contributed by atoms with Crippen LogP contribution in [0.4, 0.5) is 0 Å². The van der Waals surface area contributed by atoms with Gasteiger partial charge in [0.2, 0.25) is 0 Å². The molecule has 11 aromatic carbocycles. The van der Waals surface area contributed by atoms with E-state index in [4.69, 9.17) is 0 Å². The van der Waals surface area contributed by atoms with Crippen LogP contribution in [0, 0.1) is 46.6 Å². The SMILES string of the molecule is CC(C)(C)[Si](C#Cc1c2cc3ccccc3cc2c(C#Cc2cccc(C#Cc3c4cc5ccccc5cc4c(C#C[Si](C(C)(C)C)(C(C)(C)C)C(C)(C)C)c4cc5ccccc5cc34)c2)c2cc3ccccc3cc12)(C(C)(C)C)C(C)(C)C. The van der Waals surface area contributed by atoms with E-state index in [-0.39, 0.29) is 30.2 Å². The standard InChI is InChI=1S/C82H82Si2/c1-77(2,3)83(78(4,5)6,79(7,8)9)44-42-67-73-51-61-34-23-19-30-57(61)47-69(73)65(70-48-58-31-20-24-35-62(58)52-74(67)70)40-38-55-28-27-29-56(46-55)39-41-66-71-49-59-32-21-25-36-63(59)53-75(71)68(76-54-64-37-26-22-33-60(64)50-72(66)76)43-45-84(80(10,11)12,81(13,14)15)82(16,17)18/h19-37,46-54H,1-18H3. The Morgan fingerprint density at radius 2 is 0.405 bits per heavy atom. The third-order valence-corrected chi connectivity index (χ3v) is 33.2. The maximum absolute atomic E-state index is 4.26. The number of hydrogen-bond donors (Lipinski definition) is 0. The number of fused-ring (bicyclic) bond motifs is 8. The molecule has 0 nitrogen and oxygen atoms in total. The van der Waals surface area contributed by atoms with Crippen molar-refractivity contribution in [3.8, 4) is 46.6 Å². The fourth-order valence-corrected chi connectivity index (χ4v) is 33.2. The highest BCUT2D eigenvalue weighted by Gasteiger charge is 2.60. The predicted octanol–water partition coefficient (Wildman–Crippen LogP) is 23.2. The summed E-state index contributed by atoms with van der Waals surface area (Å²) in [5.41, 5.74) is 14.5. The van der Waals surface area contributed by atoms with Crippen LogP contribution in [0.2, 0.25) is 30.2 Å². The third-order valence-electron chi connectivity index (χ3n) is 18.7. The van der Waals surface area contributed by atoms with Crippen LogP contribution in [0.15, 0.2) is 170 Å². The Bertz CT molecular complexity index is 4230. The zero-order chi connectivity index (χ0) is 60.2. The van der Waals surface area contributed by atoms with Gasteiger partial charge in [0.05, 0.1) is 0 Å². The molecule has 11 aromatic rings. The summed E-state index contributed by atoms with van der Waals surface area (Å²) in [6.07, 6.45) is 0. The first kappa shape index (κ1) is 58.0. The molecular weight excluding hydrogens is 1040 g/mol. The largest absolute Gasteiger partial charge is 0.154 e. The van der Waals surface area contributed by atoms with Gasteiger partial charge in [-0.05, 0) is 183 Å².